The van der Waals surface area contributed by atoms with E-state index in [1.807, 2.05) is 25.1 Å². The number of carbonyl (C=O) groups excluding carboxylic acids is 1. The molecule has 8 nitrogen and oxygen atoms in total. The van der Waals surface area contributed by atoms with Gasteiger partial charge in [-0.1, -0.05) is 29.5 Å². The van der Waals surface area contributed by atoms with Crippen LogP contribution in [0.25, 0.3) is 16.3 Å². The highest BCUT2D eigenvalue weighted by molar-refractivity contribution is 7.22. The first-order valence-corrected chi connectivity index (χ1v) is 10.7. The van der Waals surface area contributed by atoms with Gasteiger partial charge in [0.2, 0.25) is 0 Å². The van der Waals surface area contributed by atoms with Gasteiger partial charge in [0.15, 0.2) is 5.13 Å². The molecule has 0 bridgehead atoms. The van der Waals surface area contributed by atoms with E-state index < -0.39 is 4.92 Å². The van der Waals surface area contributed by atoms with E-state index >= 15 is 0 Å². The molecular weight excluding hydrogens is 430 g/mol. The fourth-order valence-electron chi connectivity index (χ4n) is 3.10. The van der Waals surface area contributed by atoms with E-state index in [2.05, 4.69) is 4.98 Å². The van der Waals surface area contributed by atoms with Crippen LogP contribution >= 0.6 is 11.3 Å². The quantitative estimate of drug-likeness (QED) is 0.202. The molecule has 0 saturated carbocycles. The second kappa shape index (κ2) is 9.44. The van der Waals surface area contributed by atoms with E-state index in [-0.39, 0.29) is 18.1 Å². The van der Waals surface area contributed by atoms with E-state index in [0.717, 1.165) is 4.70 Å². The molecule has 4 aromatic rings. The van der Waals surface area contributed by atoms with Crippen molar-refractivity contribution in [3.63, 3.8) is 0 Å². The molecule has 0 N–H and O–H groups in total. The number of nitro groups is 1. The Morgan fingerprint density at radius 2 is 2.09 bits per heavy atom. The lowest BCUT2D eigenvalue weighted by molar-refractivity contribution is -0.384. The molecule has 162 valence electrons. The van der Waals surface area contributed by atoms with Crippen LogP contribution < -0.4 is 9.64 Å². The summed E-state index contributed by atoms with van der Waals surface area (Å²) < 4.78 is 12.0. The number of thiazole rings is 1. The van der Waals surface area contributed by atoms with Crippen molar-refractivity contribution in [2.24, 2.45) is 0 Å². The minimum atomic E-state index is -0.473. The fraction of sp³-hybridized carbons (Fsp3) is 0.130. The van der Waals surface area contributed by atoms with Crippen LogP contribution in [0.2, 0.25) is 0 Å². The number of nitrogens with zero attached hydrogens (tertiary/aromatic N) is 3. The number of fused-ring (bicyclic) bond motifs is 1. The zero-order valence-electron chi connectivity index (χ0n) is 17.1. The van der Waals surface area contributed by atoms with Crippen LogP contribution in [-0.2, 0) is 11.3 Å². The zero-order valence-corrected chi connectivity index (χ0v) is 18.0. The summed E-state index contributed by atoms with van der Waals surface area (Å²) in [5, 5.41) is 11.5. The van der Waals surface area contributed by atoms with Crippen LogP contribution in [-0.4, -0.2) is 22.4 Å². The number of hydrogen-bond acceptors (Lipinski definition) is 7. The van der Waals surface area contributed by atoms with Crippen molar-refractivity contribution in [3.05, 3.63) is 88.4 Å². The maximum absolute atomic E-state index is 13.1. The number of amides is 1. The lowest BCUT2D eigenvalue weighted by Gasteiger charge is -2.16. The van der Waals surface area contributed by atoms with Crippen LogP contribution in [0, 0.1) is 10.1 Å². The Balaban J connectivity index is 1.67. The number of hydrogen-bond donors (Lipinski definition) is 0. The van der Waals surface area contributed by atoms with Gasteiger partial charge in [-0.25, -0.2) is 4.98 Å². The summed E-state index contributed by atoms with van der Waals surface area (Å²) in [5.41, 5.74) is 1.20. The Kier molecular flexibility index (Phi) is 6.27. The molecule has 9 heteroatoms. The Labute approximate surface area is 187 Å². The summed E-state index contributed by atoms with van der Waals surface area (Å²) in [6, 6.07) is 15.3. The molecule has 0 unspecified atom stereocenters. The second-order valence-corrected chi connectivity index (χ2v) is 7.73. The van der Waals surface area contributed by atoms with E-state index in [4.69, 9.17) is 9.15 Å². The molecule has 4 rings (SSSR count). The summed E-state index contributed by atoms with van der Waals surface area (Å²) in [6.45, 7) is 2.60. The molecular formula is C23H19N3O5S. The minimum Gasteiger partial charge on any atom is -0.492 e. The number of para-hydroxylation sites is 1. The van der Waals surface area contributed by atoms with Gasteiger partial charge >= 0.3 is 0 Å². The van der Waals surface area contributed by atoms with E-state index in [1.54, 1.807) is 36.6 Å². The predicted molar refractivity (Wildman–Crippen MR) is 123 cm³/mol. The summed E-state index contributed by atoms with van der Waals surface area (Å²) in [5.74, 6) is 0.932. The van der Waals surface area contributed by atoms with Crippen LogP contribution in [0.5, 0.6) is 5.75 Å². The number of carbonyl (C=O) groups is 1. The van der Waals surface area contributed by atoms with Crippen molar-refractivity contribution in [3.8, 4) is 5.75 Å². The summed E-state index contributed by atoms with van der Waals surface area (Å²) in [7, 11) is 0. The van der Waals surface area contributed by atoms with Crippen LogP contribution in [0.15, 0.2) is 71.4 Å². The molecule has 1 amide bonds. The number of benzene rings is 2. The van der Waals surface area contributed by atoms with Crippen molar-refractivity contribution in [2.75, 3.05) is 11.5 Å². The number of aromatic nitrogens is 1. The van der Waals surface area contributed by atoms with Gasteiger partial charge in [-0.15, -0.1) is 0 Å². The zero-order chi connectivity index (χ0) is 22.5. The molecule has 2 aromatic carbocycles. The lowest BCUT2D eigenvalue weighted by atomic mass is 10.2. The Bertz CT molecular complexity index is 1280. The SMILES string of the molecule is CCOc1cccc2sc(N(Cc3ccco3)C(=O)/C=C/c3cccc([N+](=O)[O-])c3)nc12. The van der Waals surface area contributed by atoms with Gasteiger partial charge in [0.1, 0.15) is 17.0 Å². The summed E-state index contributed by atoms with van der Waals surface area (Å²) in [4.78, 5) is 29.8. The average molecular weight is 449 g/mol. The van der Waals surface area contributed by atoms with Crippen LogP contribution in [0.3, 0.4) is 0 Å². The monoisotopic (exact) mass is 449 g/mol. The fourth-order valence-corrected chi connectivity index (χ4v) is 4.08. The minimum absolute atomic E-state index is 0.0401. The molecule has 0 saturated heterocycles. The summed E-state index contributed by atoms with van der Waals surface area (Å²) in [6.07, 6.45) is 4.46. The second-order valence-electron chi connectivity index (χ2n) is 6.72. The summed E-state index contributed by atoms with van der Waals surface area (Å²) >= 11 is 1.37. The number of furan rings is 1. The largest absolute Gasteiger partial charge is 0.492 e. The van der Waals surface area contributed by atoms with Gasteiger partial charge in [-0.2, -0.15) is 0 Å². The lowest BCUT2D eigenvalue weighted by Crippen LogP contribution is -2.28. The first-order valence-electron chi connectivity index (χ1n) is 9.84. The number of non-ortho nitro benzene ring substituents is 1. The van der Waals surface area contributed by atoms with Crippen LogP contribution in [0.4, 0.5) is 10.8 Å². The van der Waals surface area contributed by atoms with Gasteiger partial charge in [0.25, 0.3) is 11.6 Å². The molecule has 0 spiro atoms. The molecule has 32 heavy (non-hydrogen) atoms. The molecule has 0 fully saturated rings. The third-order valence-electron chi connectivity index (χ3n) is 4.56. The molecule has 2 aromatic heterocycles. The molecule has 0 aliphatic rings. The normalized spacial score (nSPS) is 11.2. The van der Waals surface area contributed by atoms with E-state index in [0.29, 0.717) is 34.3 Å². The van der Waals surface area contributed by atoms with E-state index in [9.17, 15) is 14.9 Å². The third-order valence-corrected chi connectivity index (χ3v) is 5.60. The molecule has 0 atom stereocenters. The maximum atomic E-state index is 13.1. The van der Waals surface area contributed by atoms with Gasteiger partial charge in [0.05, 0.1) is 29.0 Å². The van der Waals surface area contributed by atoms with E-state index in [1.165, 1.54) is 34.4 Å². The van der Waals surface area contributed by atoms with Crippen molar-refractivity contribution >= 4 is 44.4 Å². The van der Waals surface area contributed by atoms with Crippen molar-refractivity contribution in [1.82, 2.24) is 4.98 Å². The maximum Gasteiger partial charge on any atom is 0.270 e. The number of nitro benzene ring substituents is 1. The number of rotatable bonds is 8. The molecule has 0 aliphatic heterocycles. The van der Waals surface area contributed by atoms with Gasteiger partial charge in [0, 0.05) is 18.2 Å². The Hall–Kier alpha value is -3.98. The molecule has 0 radical (unpaired) electrons. The topological polar surface area (TPSA) is 98.7 Å². The Morgan fingerprint density at radius 1 is 1.25 bits per heavy atom. The standard InChI is InChI=1S/C23H19N3O5S/c1-2-30-19-9-4-10-20-22(19)24-23(32-20)25(15-18-8-5-13-31-18)21(27)12-11-16-6-3-7-17(14-16)26(28)29/h3-14H,2,15H2,1H3/b12-11+. The average Bonchev–Trinajstić information content (AvgIpc) is 3.46. The van der Waals surface area contributed by atoms with Crippen molar-refractivity contribution in [2.45, 2.75) is 13.5 Å². The third kappa shape index (κ3) is 4.68. The van der Waals surface area contributed by atoms with Gasteiger partial charge < -0.3 is 9.15 Å². The van der Waals surface area contributed by atoms with Crippen molar-refractivity contribution < 1.29 is 18.9 Å². The van der Waals surface area contributed by atoms with Crippen molar-refractivity contribution in [1.29, 1.82) is 0 Å². The van der Waals surface area contributed by atoms with Gasteiger partial charge in [-0.3, -0.25) is 19.8 Å². The highest BCUT2D eigenvalue weighted by Crippen LogP contribution is 2.35. The predicted octanol–water partition coefficient (Wildman–Crippen LogP) is 5.44. The smallest absolute Gasteiger partial charge is 0.270 e. The first kappa shape index (κ1) is 21.3. The number of ether oxygens (including phenoxy) is 1. The molecule has 0 aliphatic carbocycles. The van der Waals surface area contributed by atoms with Gasteiger partial charge in [-0.05, 0) is 42.8 Å². The molecule has 2 heterocycles. The highest BCUT2D eigenvalue weighted by atomic mass is 32.1. The highest BCUT2D eigenvalue weighted by Gasteiger charge is 2.21. The Morgan fingerprint density at radius 3 is 2.84 bits per heavy atom. The first-order chi connectivity index (χ1) is 15.5. The van der Waals surface area contributed by atoms with Crippen LogP contribution in [0.1, 0.15) is 18.2 Å². The number of anilines is 1.